The number of sulfone groups is 1. The van der Waals surface area contributed by atoms with Gasteiger partial charge in [-0.25, -0.2) is 27.2 Å². The van der Waals surface area contributed by atoms with Crippen LogP contribution in [-0.2, 0) is 16.4 Å². The van der Waals surface area contributed by atoms with E-state index >= 15 is 0 Å². The molecule has 2 aromatic heterocycles. The number of aromatic nitrogens is 4. The molecule has 41 heteroatoms. The molecule has 0 aliphatic rings. The van der Waals surface area contributed by atoms with Crippen molar-refractivity contribution in [2.45, 2.75) is 50.1 Å². The normalized spacial score (nSPS) is 14.7. The van der Waals surface area contributed by atoms with Crippen molar-refractivity contribution in [2.24, 2.45) is 0 Å². The quantitative estimate of drug-likeness (QED) is 0.0696. The third kappa shape index (κ3) is 21.4. The number of anilines is 1. The Morgan fingerprint density at radius 2 is 1.25 bits per heavy atom. The lowest BCUT2D eigenvalue weighted by atomic mass is 10.1. The van der Waals surface area contributed by atoms with Crippen LogP contribution in [-0.4, -0.2) is 46.5 Å². The number of hydrogen-bond acceptors (Lipinski definition) is 9. The molecule has 2 aromatic carbocycles. The molecule has 0 amide bonds. The van der Waals surface area contributed by atoms with Crippen LogP contribution in [0.25, 0.3) is 34.3 Å². The molecule has 376 valence electrons. The zero-order valence-corrected chi connectivity index (χ0v) is 66.9. The molecule has 0 saturated carbocycles. The SMILES string of the molecule is CCC(C)S(=O)(=O)c1ccc(-c2cnc(N)c(-c3nnc(-c4ccc(CNCC(C)F)cc4F)o3)n2)cc1.PPP(P(P)P)P(P(P(P)P)P(P)P)P(P(P(P)P)P(P)P)P(P(P)P)P(P)P. The smallest absolute Gasteiger partial charge is 0.270 e. The molecule has 4 aromatic rings. The Bertz CT molecular complexity index is 2210. The van der Waals surface area contributed by atoms with Gasteiger partial charge in [0.25, 0.3) is 11.8 Å². The maximum absolute atomic E-state index is 14.8. The summed E-state index contributed by atoms with van der Waals surface area (Å²) in [4.78, 5) is 8.86. The maximum Gasteiger partial charge on any atom is 0.270 e. The second-order valence-corrected chi connectivity index (χ2v) is 131. The van der Waals surface area contributed by atoms with Gasteiger partial charge in [-0.05, 0) is 141 Å². The van der Waals surface area contributed by atoms with Crippen LogP contribution in [0.4, 0.5) is 14.6 Å². The van der Waals surface area contributed by atoms with Crippen LogP contribution in [0.1, 0.15) is 32.8 Å². The fraction of sp³-hybridized carbons (Fsp3) is 0.308. The second-order valence-electron chi connectivity index (χ2n) is 13.3. The van der Waals surface area contributed by atoms with Gasteiger partial charge in [0.05, 0.1) is 27.6 Å². The number of halogens is 2. The van der Waals surface area contributed by atoms with Crippen molar-refractivity contribution < 1.29 is 21.6 Å². The first-order valence-corrected chi connectivity index (χ1v) is 72.3. The van der Waals surface area contributed by atoms with Crippen LogP contribution < -0.4 is 11.1 Å². The van der Waals surface area contributed by atoms with Crippen molar-refractivity contribution in [1.29, 1.82) is 0 Å². The van der Waals surface area contributed by atoms with Gasteiger partial charge in [-0.1, -0.05) is 33.1 Å². The minimum atomic E-state index is -3.42. The summed E-state index contributed by atoms with van der Waals surface area (Å²) in [6.45, 7) is 5.58. The number of nitrogens with one attached hydrogen (secondary N) is 1. The van der Waals surface area contributed by atoms with Gasteiger partial charge >= 0.3 is 0 Å². The summed E-state index contributed by atoms with van der Waals surface area (Å²) in [5.41, 5.74) is 7.86. The van der Waals surface area contributed by atoms with E-state index in [1.807, 2.05) is 6.92 Å². The highest BCUT2D eigenvalue weighted by atomic mass is 33.5. The molecule has 4 rings (SSSR count). The highest BCUT2D eigenvalue weighted by molar-refractivity contribution is 9.43. The second kappa shape index (κ2) is 35.0. The topological polar surface area (TPSA) is 137 Å². The van der Waals surface area contributed by atoms with Crippen LogP contribution in [0.2, 0.25) is 0 Å². The monoisotopic (exact) mass is 1470 g/mol. The lowest BCUT2D eigenvalue weighted by Gasteiger charge is -2.51. The summed E-state index contributed by atoms with van der Waals surface area (Å²) in [5.74, 6) is -0.664. The first-order chi connectivity index (χ1) is 31.3. The van der Waals surface area contributed by atoms with Gasteiger partial charge in [-0.2, -0.15) is 0 Å². The predicted molar refractivity (Wildman–Crippen MR) is 384 cm³/mol. The fourth-order valence-electron chi connectivity index (χ4n) is 5.21. The van der Waals surface area contributed by atoms with Gasteiger partial charge in [0.15, 0.2) is 21.3 Å². The Labute approximate surface area is 447 Å². The molecular weight excluding hydrogens is 1410 g/mol. The van der Waals surface area contributed by atoms with Crippen molar-refractivity contribution >= 4 is 248 Å². The molecule has 20 unspecified atom stereocenters. The van der Waals surface area contributed by atoms with Crippen LogP contribution >= 0.6 is 233 Å². The van der Waals surface area contributed by atoms with Crippen molar-refractivity contribution in [2.75, 3.05) is 12.3 Å². The molecule has 67 heavy (non-hydrogen) atoms. The van der Waals surface area contributed by atoms with Crippen molar-refractivity contribution in [3.63, 3.8) is 0 Å². The number of benzene rings is 2. The molecular formula is C26H59F2N6O3P29S. The lowest BCUT2D eigenvalue weighted by molar-refractivity contribution is 0.344. The Kier molecular flexibility index (Phi) is 36.5. The average molecular weight is 1470 g/mol. The predicted octanol–water partition coefficient (Wildman–Crippen LogP) is 21.3. The van der Waals surface area contributed by atoms with Gasteiger partial charge in [0.2, 0.25) is 0 Å². The molecule has 0 spiro atoms. The van der Waals surface area contributed by atoms with Crippen LogP contribution in [0, 0.1) is 5.82 Å². The highest BCUT2D eigenvalue weighted by Gasteiger charge is 2.49. The number of hydrogen-bond donors (Lipinski definition) is 2. The average Bonchev–Trinajstić information content (AvgIpc) is 3.72. The summed E-state index contributed by atoms with van der Waals surface area (Å²) in [6, 6.07) is 10.8. The van der Waals surface area contributed by atoms with Gasteiger partial charge < -0.3 is 15.5 Å². The Hall–Kier alpha value is 8.70. The van der Waals surface area contributed by atoms with Crippen molar-refractivity contribution in [3.8, 4) is 34.3 Å². The van der Waals surface area contributed by atoms with Crippen molar-refractivity contribution in [1.82, 2.24) is 25.5 Å². The van der Waals surface area contributed by atoms with Crippen molar-refractivity contribution in [3.05, 3.63) is 60.0 Å². The van der Waals surface area contributed by atoms with E-state index in [-0.39, 0.29) is 131 Å². The summed E-state index contributed by atoms with van der Waals surface area (Å²) in [6.07, 6.45) is 0.952. The molecule has 2 heterocycles. The van der Waals surface area contributed by atoms with Gasteiger partial charge in [-0.15, -0.1) is 144 Å². The Morgan fingerprint density at radius 3 is 1.70 bits per heavy atom. The molecule has 0 radical (unpaired) electrons. The number of nitrogen functional groups attached to an aromatic ring is 1. The van der Waals surface area contributed by atoms with E-state index in [4.69, 9.17) is 10.2 Å². The first-order valence-electron chi connectivity index (χ1n) is 18.6. The van der Waals surface area contributed by atoms with E-state index in [2.05, 4.69) is 159 Å². The molecule has 0 aliphatic carbocycles. The molecule has 0 aliphatic heterocycles. The van der Waals surface area contributed by atoms with E-state index < -0.39 is 27.1 Å². The summed E-state index contributed by atoms with van der Waals surface area (Å²) in [7, 11) is 46.8. The van der Waals surface area contributed by atoms with Gasteiger partial charge in [-0.3, -0.25) is 0 Å². The standard InChI is InChI=1S/C26H28F2N6O3S.H31P29/c1-4-16(3)38(35,36)19-8-6-18(7-9-19)22-14-31-24(29)23(32-22)26-34-33-25(37-26)20-10-5-17(11-21(20)28)13-30-12-15(2)27;1-16-24(17(2)3)28(25(18(4)5)19(6)7)29(26(20(8)9)21(10)11)27(22(12)13)23(14)15/h5-11,14-16,30H,4,12-13H2,1-3H3,(H2,29,31);16H,1-15H2. The zero-order valence-electron chi connectivity index (χ0n) is 36.1. The first kappa shape index (κ1) is 70.0. The van der Waals surface area contributed by atoms with E-state index in [1.54, 1.807) is 25.1 Å². The van der Waals surface area contributed by atoms with E-state index in [9.17, 15) is 17.2 Å². The number of nitrogens with two attached hydrogens (primary N) is 1. The molecule has 0 bridgehead atoms. The third-order valence-electron chi connectivity index (χ3n) is 8.41. The summed E-state index contributed by atoms with van der Waals surface area (Å²) in [5, 5.41) is 10.3. The molecule has 0 saturated heterocycles. The number of alkyl halides is 1. The fourth-order valence-corrected chi connectivity index (χ4v) is 384. The van der Waals surface area contributed by atoms with E-state index in [0.717, 1.165) is 7.96 Å². The molecule has 3 N–H and O–H groups in total. The largest absolute Gasteiger partial charge is 0.414 e. The maximum atomic E-state index is 14.8. The number of nitrogens with zero attached hydrogens (tertiary/aromatic N) is 4. The van der Waals surface area contributed by atoms with Gasteiger partial charge in [0.1, 0.15) is 12.0 Å². The summed E-state index contributed by atoms with van der Waals surface area (Å²) >= 11 is 0. The van der Waals surface area contributed by atoms with Crippen LogP contribution in [0.5, 0.6) is 0 Å². The minimum Gasteiger partial charge on any atom is -0.414 e. The van der Waals surface area contributed by atoms with E-state index in [1.165, 1.54) is 37.4 Å². The van der Waals surface area contributed by atoms with Crippen LogP contribution in [0.15, 0.2) is 58.0 Å². The van der Waals surface area contributed by atoms with Gasteiger partial charge in [0, 0.05) is 18.7 Å². The molecule has 20 atom stereocenters. The molecule has 0 fully saturated rings. The third-order valence-corrected chi connectivity index (χ3v) is 201. The van der Waals surface area contributed by atoms with E-state index in [0.29, 0.717) is 29.8 Å². The molecule has 9 nitrogen and oxygen atoms in total. The summed E-state index contributed by atoms with van der Waals surface area (Å²) < 4.78 is 58.6. The van der Waals surface area contributed by atoms with Crippen LogP contribution in [0.3, 0.4) is 0 Å². The lowest BCUT2D eigenvalue weighted by Crippen LogP contribution is -2.21. The minimum absolute atomic E-state index is 0.0147. The Morgan fingerprint density at radius 1 is 0.746 bits per heavy atom. The highest BCUT2D eigenvalue weighted by Crippen LogP contribution is 3.37. The Balaban J connectivity index is 0.000000371. The number of rotatable bonds is 23. The zero-order chi connectivity index (χ0) is 50.7.